The number of aliphatic hydroxyl groups is 1. The fourth-order valence-corrected chi connectivity index (χ4v) is 4.73. The van der Waals surface area contributed by atoms with E-state index in [0.717, 1.165) is 35.4 Å². The third kappa shape index (κ3) is 4.37. The molecule has 0 spiro atoms. The molecule has 3 heterocycles. The number of aliphatic hydroxyl groups excluding tert-OH is 1. The van der Waals surface area contributed by atoms with Crippen LogP contribution in [0.4, 0.5) is 5.82 Å². The number of nitrogens with zero attached hydrogens (tertiary/aromatic N) is 3. The molecule has 0 aliphatic carbocycles. The summed E-state index contributed by atoms with van der Waals surface area (Å²) >= 11 is 6.12. The quantitative estimate of drug-likeness (QED) is 0.419. The highest BCUT2D eigenvalue weighted by atomic mass is 35.5. The highest BCUT2D eigenvalue weighted by molar-refractivity contribution is 6.30. The molecule has 1 saturated heterocycles. The number of benzene rings is 2. The van der Waals surface area contributed by atoms with Crippen molar-refractivity contribution in [2.24, 2.45) is 0 Å². The number of para-hydroxylation sites is 1. The number of ketones is 1. The van der Waals surface area contributed by atoms with Gasteiger partial charge in [-0.1, -0.05) is 48.0 Å². The third-order valence-corrected chi connectivity index (χ3v) is 6.57. The van der Waals surface area contributed by atoms with Crippen molar-refractivity contribution in [3.8, 4) is 0 Å². The molecule has 0 unspecified atom stereocenters. The topological polar surface area (TPSA) is 72.5 Å². The van der Waals surface area contributed by atoms with Crippen molar-refractivity contribution in [2.75, 3.05) is 31.1 Å². The fourth-order valence-electron chi connectivity index (χ4n) is 4.60. The fraction of sp³-hybridized carbons (Fsp3) is 0.231. The predicted octanol–water partition coefficient (Wildman–Crippen LogP) is 4.32. The zero-order valence-electron chi connectivity index (χ0n) is 18.1. The number of rotatable bonds is 6. The van der Waals surface area contributed by atoms with Crippen molar-refractivity contribution in [3.63, 3.8) is 0 Å². The summed E-state index contributed by atoms with van der Waals surface area (Å²) in [6.07, 6.45) is 2.27. The van der Waals surface area contributed by atoms with E-state index in [9.17, 15) is 9.90 Å². The minimum Gasteiger partial charge on any atom is -0.383 e. The Morgan fingerprint density at radius 1 is 0.970 bits per heavy atom. The average molecular weight is 461 g/mol. The highest BCUT2D eigenvalue weighted by Gasteiger charge is 2.35. The van der Waals surface area contributed by atoms with Gasteiger partial charge in [-0.05, 0) is 35.9 Å². The molecule has 33 heavy (non-hydrogen) atoms. The summed E-state index contributed by atoms with van der Waals surface area (Å²) in [6.45, 7) is 2.91. The van der Waals surface area contributed by atoms with Crippen molar-refractivity contribution in [2.45, 2.75) is 12.1 Å². The Balaban J connectivity index is 1.42. The Bertz CT molecular complexity index is 1230. The van der Waals surface area contributed by atoms with E-state index >= 15 is 0 Å². The first-order chi connectivity index (χ1) is 16.1. The lowest BCUT2D eigenvalue weighted by Crippen LogP contribution is -2.51. The zero-order valence-corrected chi connectivity index (χ0v) is 18.8. The van der Waals surface area contributed by atoms with Crippen LogP contribution in [0.25, 0.3) is 10.9 Å². The Kier molecular flexibility index (Phi) is 6.13. The maximum atomic E-state index is 13.5. The molecule has 2 aromatic carbocycles. The molecule has 168 valence electrons. The van der Waals surface area contributed by atoms with Crippen LogP contribution in [0.2, 0.25) is 5.02 Å². The molecule has 2 atom stereocenters. The van der Waals surface area contributed by atoms with Gasteiger partial charge in [0, 0.05) is 60.1 Å². The third-order valence-electron chi connectivity index (χ3n) is 6.31. The summed E-state index contributed by atoms with van der Waals surface area (Å²) in [5.74, 6) is 0.648. The number of piperazine rings is 1. The van der Waals surface area contributed by atoms with Crippen LogP contribution in [0.3, 0.4) is 0 Å². The van der Waals surface area contributed by atoms with E-state index in [-0.39, 0.29) is 5.78 Å². The van der Waals surface area contributed by atoms with Crippen molar-refractivity contribution < 1.29 is 9.90 Å². The zero-order chi connectivity index (χ0) is 22.8. The molecule has 6 nitrogen and oxygen atoms in total. The lowest BCUT2D eigenvalue weighted by Gasteiger charge is -2.41. The number of aromatic nitrogens is 2. The monoisotopic (exact) mass is 460 g/mol. The summed E-state index contributed by atoms with van der Waals surface area (Å²) in [5, 5.41) is 12.8. The summed E-state index contributed by atoms with van der Waals surface area (Å²) < 4.78 is 0. The summed E-state index contributed by atoms with van der Waals surface area (Å²) in [4.78, 5) is 25.5. The molecule has 2 aromatic heterocycles. The number of halogens is 1. The predicted molar refractivity (Wildman–Crippen MR) is 131 cm³/mol. The van der Waals surface area contributed by atoms with Gasteiger partial charge < -0.3 is 15.0 Å². The van der Waals surface area contributed by atoms with E-state index in [0.29, 0.717) is 23.7 Å². The van der Waals surface area contributed by atoms with Gasteiger partial charge in [0.1, 0.15) is 11.9 Å². The maximum Gasteiger partial charge on any atom is 0.195 e. The minimum absolute atomic E-state index is 0.292. The van der Waals surface area contributed by atoms with Gasteiger partial charge in [0.15, 0.2) is 5.78 Å². The maximum absolute atomic E-state index is 13.5. The second-order valence-corrected chi connectivity index (χ2v) is 8.70. The number of anilines is 1. The number of carbonyl (C=O) groups excluding carboxylic acids is 1. The van der Waals surface area contributed by atoms with Crippen LogP contribution in [0.1, 0.15) is 22.0 Å². The second kappa shape index (κ2) is 9.35. The van der Waals surface area contributed by atoms with E-state index in [1.807, 2.05) is 54.6 Å². The molecule has 5 rings (SSSR count). The van der Waals surface area contributed by atoms with Crippen molar-refractivity contribution in [3.05, 3.63) is 95.3 Å². The van der Waals surface area contributed by atoms with Crippen LogP contribution < -0.4 is 4.90 Å². The van der Waals surface area contributed by atoms with Gasteiger partial charge in [0.25, 0.3) is 0 Å². The molecule has 1 fully saturated rings. The largest absolute Gasteiger partial charge is 0.383 e. The van der Waals surface area contributed by atoms with Crippen LogP contribution >= 0.6 is 11.6 Å². The molecule has 0 amide bonds. The van der Waals surface area contributed by atoms with E-state index in [1.54, 1.807) is 24.5 Å². The molecular formula is C26H25ClN4O2. The van der Waals surface area contributed by atoms with Crippen LogP contribution in [0, 0.1) is 0 Å². The van der Waals surface area contributed by atoms with Crippen LogP contribution in [0.15, 0.2) is 79.1 Å². The Morgan fingerprint density at radius 2 is 1.70 bits per heavy atom. The standard InChI is InChI=1S/C26H25ClN4O2/c27-19-10-8-18(9-11-19)24(31-15-13-30(14-16-31)23-7-3-4-12-28-23)26(33)25(32)21-17-29-22-6-2-1-5-20(21)22/h1-12,17,24,26,29,33H,13-16H2/t24-,26-/m0/s1. The summed E-state index contributed by atoms with van der Waals surface area (Å²) in [6, 6.07) is 20.4. The Morgan fingerprint density at radius 3 is 2.42 bits per heavy atom. The summed E-state index contributed by atoms with van der Waals surface area (Å²) in [5.41, 5.74) is 2.25. The number of hydrogen-bond acceptors (Lipinski definition) is 5. The molecule has 4 aromatic rings. The number of carbonyl (C=O) groups is 1. The molecule has 0 bridgehead atoms. The van der Waals surface area contributed by atoms with Crippen molar-refractivity contribution in [1.29, 1.82) is 0 Å². The number of pyridine rings is 1. The highest BCUT2D eigenvalue weighted by Crippen LogP contribution is 2.31. The summed E-state index contributed by atoms with van der Waals surface area (Å²) in [7, 11) is 0. The normalized spacial score (nSPS) is 16.6. The van der Waals surface area contributed by atoms with Gasteiger partial charge in [0.05, 0.1) is 6.04 Å². The number of nitrogens with one attached hydrogen (secondary N) is 1. The Hall–Kier alpha value is -3.19. The van der Waals surface area contributed by atoms with E-state index < -0.39 is 12.1 Å². The molecule has 0 saturated carbocycles. The number of hydrogen-bond donors (Lipinski definition) is 2. The van der Waals surface area contributed by atoms with Gasteiger partial charge in [-0.25, -0.2) is 4.98 Å². The van der Waals surface area contributed by atoms with Gasteiger partial charge in [-0.15, -0.1) is 0 Å². The van der Waals surface area contributed by atoms with Gasteiger partial charge in [-0.2, -0.15) is 0 Å². The number of Topliss-reactive ketones (excluding diaryl/α,β-unsaturated/α-hetero) is 1. The molecular weight excluding hydrogens is 436 g/mol. The number of aromatic amines is 1. The van der Waals surface area contributed by atoms with Crippen LogP contribution in [-0.2, 0) is 0 Å². The van der Waals surface area contributed by atoms with Crippen LogP contribution in [-0.4, -0.2) is 58.0 Å². The van der Waals surface area contributed by atoms with Gasteiger partial charge in [0.2, 0.25) is 0 Å². The number of fused-ring (bicyclic) bond motifs is 1. The van der Waals surface area contributed by atoms with Gasteiger partial charge >= 0.3 is 0 Å². The minimum atomic E-state index is -1.22. The number of H-pyrrole nitrogens is 1. The van der Waals surface area contributed by atoms with Crippen LogP contribution in [0.5, 0.6) is 0 Å². The molecule has 0 radical (unpaired) electrons. The van der Waals surface area contributed by atoms with E-state index in [1.165, 1.54) is 0 Å². The Labute approximate surface area is 197 Å². The van der Waals surface area contributed by atoms with E-state index in [4.69, 9.17) is 11.6 Å². The van der Waals surface area contributed by atoms with Gasteiger partial charge in [-0.3, -0.25) is 9.69 Å². The van der Waals surface area contributed by atoms with Crippen molar-refractivity contribution >= 4 is 34.1 Å². The smallest absolute Gasteiger partial charge is 0.195 e. The lowest BCUT2D eigenvalue weighted by molar-refractivity contribution is 0.0365. The first-order valence-electron chi connectivity index (χ1n) is 11.1. The van der Waals surface area contributed by atoms with E-state index in [2.05, 4.69) is 19.8 Å². The molecule has 1 aliphatic heterocycles. The molecule has 7 heteroatoms. The molecule has 1 aliphatic rings. The first kappa shape index (κ1) is 21.6. The lowest BCUT2D eigenvalue weighted by atomic mass is 9.93. The second-order valence-electron chi connectivity index (χ2n) is 8.26. The average Bonchev–Trinajstić information content (AvgIpc) is 3.30. The first-order valence-corrected chi connectivity index (χ1v) is 11.4. The SMILES string of the molecule is O=C(c1c[nH]c2ccccc12)[C@@H](O)[C@H](c1ccc(Cl)cc1)N1CCN(c2ccccn2)CC1. The van der Waals surface area contributed by atoms with Crippen molar-refractivity contribution in [1.82, 2.24) is 14.9 Å². The molecule has 2 N–H and O–H groups in total.